The molecule has 1 aliphatic carbocycles. The van der Waals surface area contributed by atoms with Gasteiger partial charge in [-0.25, -0.2) is 9.80 Å². The largest absolute Gasteiger partial charge is 0.268 e. The third-order valence-corrected chi connectivity index (χ3v) is 18.3. The minimum atomic E-state index is -0.338. The number of hydrogen-bond acceptors (Lipinski definition) is 4. The number of amides is 4. The summed E-state index contributed by atoms with van der Waals surface area (Å²) in [4.78, 5) is 60.9. The Morgan fingerprint density at radius 3 is 1.16 bits per heavy atom. The van der Waals surface area contributed by atoms with Gasteiger partial charge in [0.15, 0.2) is 0 Å². The second-order valence-corrected chi connectivity index (χ2v) is 24.8. The van der Waals surface area contributed by atoms with Crippen molar-refractivity contribution in [3.63, 3.8) is 0 Å². The van der Waals surface area contributed by atoms with Crippen LogP contribution in [0.5, 0.6) is 0 Å². The van der Waals surface area contributed by atoms with E-state index in [9.17, 15) is 19.2 Å². The summed E-state index contributed by atoms with van der Waals surface area (Å²) in [7, 11) is 0. The fourth-order valence-electron chi connectivity index (χ4n) is 14.1. The number of nitrogens with zero attached hydrogens (tertiary/aromatic N) is 2. The summed E-state index contributed by atoms with van der Waals surface area (Å²) in [6, 6.07) is 41.9. The zero-order chi connectivity index (χ0) is 57.2. The Hall–Kier alpha value is -7.44. The van der Waals surface area contributed by atoms with Gasteiger partial charge in [0.2, 0.25) is 0 Å². The van der Waals surface area contributed by atoms with Crippen molar-refractivity contribution in [3.05, 3.63) is 188 Å². The number of carbonyl (C=O) groups is 4. The molecule has 9 aromatic rings. The molecule has 6 heteroatoms. The maximum Gasteiger partial charge on any atom is 0.265 e. The SMILES string of the molecule is CCCCCCC1(CCCCCC)c2cc(C)ccc2-c2ccc(C)cc21.CCCc1ccc(C(C)C)c(N2C(=O)c3ccc4c5ccc6c7c(ccc(c8ccc(c3c48)C2=O)c75)C(=O)N(c2cc(C(C)C)ccc2C(C)C)C6=O)c1. The Kier molecular flexibility index (Phi) is 15.2. The lowest BCUT2D eigenvalue weighted by atomic mass is 9.70. The maximum absolute atomic E-state index is 14.5. The summed E-state index contributed by atoms with van der Waals surface area (Å²) < 4.78 is 0. The molecule has 0 saturated heterocycles. The van der Waals surface area contributed by atoms with Crippen molar-refractivity contribution in [3.8, 4) is 11.1 Å². The third kappa shape index (κ3) is 9.26. The van der Waals surface area contributed by atoms with Crippen LogP contribution in [-0.4, -0.2) is 23.6 Å². The monoisotopic (exact) mass is 1070 g/mol. The number of aryl methyl sites for hydroxylation is 3. The lowest BCUT2D eigenvalue weighted by molar-refractivity contribution is 0.0877. The fraction of sp³-hybridized carbons (Fsp3) is 0.360. The van der Waals surface area contributed by atoms with Crippen molar-refractivity contribution in [2.45, 2.75) is 176 Å². The molecule has 6 nitrogen and oxygen atoms in total. The highest BCUT2D eigenvalue weighted by Crippen LogP contribution is 2.55. The molecule has 12 rings (SSSR count). The second kappa shape index (κ2) is 22.1. The Morgan fingerprint density at radius 1 is 0.383 bits per heavy atom. The summed E-state index contributed by atoms with van der Waals surface area (Å²) in [5, 5.41) is 6.47. The number of benzene rings is 9. The fourth-order valence-corrected chi connectivity index (χ4v) is 14.1. The first kappa shape index (κ1) is 55.5. The van der Waals surface area contributed by atoms with Gasteiger partial charge < -0.3 is 0 Å². The van der Waals surface area contributed by atoms with E-state index < -0.39 is 0 Å². The average Bonchev–Trinajstić information content (AvgIpc) is 3.82. The molecule has 0 spiro atoms. The highest BCUT2D eigenvalue weighted by atomic mass is 16.2. The third-order valence-electron chi connectivity index (χ3n) is 18.3. The van der Waals surface area contributed by atoms with Gasteiger partial charge in [0.05, 0.1) is 11.4 Å². The summed E-state index contributed by atoms with van der Waals surface area (Å²) in [6.45, 7) is 23.8. The molecule has 0 saturated carbocycles. The molecule has 0 N–H and O–H groups in total. The number of rotatable bonds is 17. The maximum atomic E-state index is 14.5. The molecule has 0 atom stereocenters. The predicted molar refractivity (Wildman–Crippen MR) is 339 cm³/mol. The van der Waals surface area contributed by atoms with Gasteiger partial charge in [-0.2, -0.15) is 0 Å². The van der Waals surface area contributed by atoms with Gasteiger partial charge in [-0.1, -0.05) is 216 Å². The number of anilines is 2. The number of imide groups is 2. The molecule has 9 aromatic carbocycles. The van der Waals surface area contributed by atoms with E-state index in [1.54, 1.807) is 11.1 Å². The lowest BCUT2D eigenvalue weighted by Crippen LogP contribution is -2.41. The van der Waals surface area contributed by atoms with E-state index in [0.29, 0.717) is 44.4 Å². The molecule has 2 heterocycles. The van der Waals surface area contributed by atoms with Crippen LogP contribution in [0.2, 0.25) is 0 Å². The molecule has 0 aromatic heterocycles. The molecule has 3 aliphatic rings. The van der Waals surface area contributed by atoms with Gasteiger partial charge in [-0.05, 0) is 164 Å². The van der Waals surface area contributed by atoms with Crippen LogP contribution in [0.4, 0.5) is 11.4 Å². The van der Waals surface area contributed by atoms with Gasteiger partial charge in [-0.3, -0.25) is 19.2 Å². The Balaban J connectivity index is 0.000000215. The number of unbranched alkanes of at least 4 members (excludes halogenated alkanes) is 6. The second-order valence-electron chi connectivity index (χ2n) is 24.8. The first-order valence-electron chi connectivity index (χ1n) is 30.5. The first-order valence-corrected chi connectivity index (χ1v) is 30.5. The summed E-state index contributed by atoms with van der Waals surface area (Å²) in [5.74, 6) is -0.898. The molecular weight excluding hydrogens is 993 g/mol. The lowest BCUT2D eigenvalue weighted by Gasteiger charge is -2.33. The molecule has 414 valence electrons. The van der Waals surface area contributed by atoms with E-state index in [4.69, 9.17) is 0 Å². The quantitative estimate of drug-likeness (QED) is 0.0394. The van der Waals surface area contributed by atoms with Crippen molar-refractivity contribution >= 4 is 78.1 Å². The number of fused-ring (bicyclic) bond motifs is 5. The summed E-state index contributed by atoms with van der Waals surface area (Å²) >= 11 is 0. The average molecular weight is 1070 g/mol. The molecule has 81 heavy (non-hydrogen) atoms. The summed E-state index contributed by atoms with van der Waals surface area (Å²) in [5.41, 5.74) is 16.6. The molecule has 2 aliphatic heterocycles. The van der Waals surface area contributed by atoms with E-state index in [1.807, 2.05) is 66.7 Å². The number of hydrogen-bond donors (Lipinski definition) is 0. The first-order chi connectivity index (χ1) is 39.0. The van der Waals surface area contributed by atoms with Gasteiger partial charge in [0.25, 0.3) is 23.6 Å². The zero-order valence-electron chi connectivity index (χ0n) is 49.8. The van der Waals surface area contributed by atoms with Crippen LogP contribution in [-0.2, 0) is 11.8 Å². The van der Waals surface area contributed by atoms with E-state index in [-0.39, 0.29) is 46.8 Å². The van der Waals surface area contributed by atoms with Crippen molar-refractivity contribution < 1.29 is 19.2 Å². The van der Waals surface area contributed by atoms with E-state index in [1.165, 1.54) is 96.3 Å². The van der Waals surface area contributed by atoms with Crippen LogP contribution >= 0.6 is 0 Å². The Morgan fingerprint density at radius 2 is 0.778 bits per heavy atom. The molecule has 0 unspecified atom stereocenters. The highest BCUT2D eigenvalue weighted by molar-refractivity contribution is 6.45. The minimum Gasteiger partial charge on any atom is -0.268 e. The molecule has 0 bridgehead atoms. The molecule has 0 fully saturated rings. The van der Waals surface area contributed by atoms with Crippen LogP contribution < -0.4 is 9.80 Å². The Labute approximate surface area is 480 Å². The molecule has 4 amide bonds. The van der Waals surface area contributed by atoms with Gasteiger partial charge in [-0.15, -0.1) is 0 Å². The van der Waals surface area contributed by atoms with E-state index >= 15 is 0 Å². The van der Waals surface area contributed by atoms with Crippen molar-refractivity contribution in [2.75, 3.05) is 9.80 Å². The van der Waals surface area contributed by atoms with Crippen LogP contribution in [0.3, 0.4) is 0 Å². The molecule has 0 radical (unpaired) electrons. The van der Waals surface area contributed by atoms with Crippen molar-refractivity contribution in [2.24, 2.45) is 0 Å². The van der Waals surface area contributed by atoms with Crippen LogP contribution in [0.25, 0.3) is 54.2 Å². The van der Waals surface area contributed by atoms with E-state index in [2.05, 4.69) is 131 Å². The normalized spacial score (nSPS) is 14.4. The smallest absolute Gasteiger partial charge is 0.265 e. The van der Waals surface area contributed by atoms with Crippen LogP contribution in [0.1, 0.15) is 237 Å². The topological polar surface area (TPSA) is 74.8 Å². The van der Waals surface area contributed by atoms with Gasteiger partial charge in [0, 0.05) is 38.4 Å². The van der Waals surface area contributed by atoms with Crippen LogP contribution in [0.15, 0.2) is 121 Å². The standard InChI is InChI=1S/C48H42N2O4.C27H38/c1-8-9-27-10-12-29(25(4)5)39(22-27)49-45(51)35-18-14-31-33-16-20-37-44-38(21-17-34(42(33)44)32-15-19-36(46(49)52)43(35)41(31)32)48(54)50(47(37)53)40-23-28(24(2)3)11-13-30(40)26(6)7;1-5-7-9-11-17-27(18-12-10-8-6-2)25-19-21(3)13-15-23(25)24-16-14-22(4)20-26(24)27/h10-26H,8-9H2,1-7H3;13-16,19-20H,5-12,17-18H2,1-4H3. The van der Waals surface area contributed by atoms with Crippen LogP contribution in [0, 0.1) is 13.8 Å². The van der Waals surface area contributed by atoms with Gasteiger partial charge >= 0.3 is 0 Å². The van der Waals surface area contributed by atoms with Crippen molar-refractivity contribution in [1.82, 2.24) is 0 Å². The number of carbonyl (C=O) groups excluding carboxylic acids is 4. The minimum absolute atomic E-state index is 0.103. The molecular formula is C75H80N2O4. The highest BCUT2D eigenvalue weighted by Gasteiger charge is 2.43. The summed E-state index contributed by atoms with van der Waals surface area (Å²) in [6.07, 6.45) is 15.2. The van der Waals surface area contributed by atoms with Crippen molar-refractivity contribution in [1.29, 1.82) is 0 Å². The Bertz CT molecular complexity index is 3800. The van der Waals surface area contributed by atoms with E-state index in [0.717, 1.165) is 67.4 Å². The predicted octanol–water partition coefficient (Wildman–Crippen LogP) is 20.2. The van der Waals surface area contributed by atoms with Gasteiger partial charge in [0.1, 0.15) is 0 Å². The zero-order valence-corrected chi connectivity index (χ0v) is 49.8.